The molecule has 2 atom stereocenters. The first-order chi connectivity index (χ1) is 15.3. The van der Waals surface area contributed by atoms with Crippen molar-refractivity contribution >= 4 is 17.5 Å². The van der Waals surface area contributed by atoms with Gasteiger partial charge in [-0.15, -0.1) is 0 Å². The maximum atomic E-state index is 12.8. The lowest BCUT2D eigenvalue weighted by Crippen LogP contribution is -2.51. The van der Waals surface area contributed by atoms with E-state index in [0.29, 0.717) is 12.0 Å². The number of benzene rings is 2. The van der Waals surface area contributed by atoms with E-state index >= 15 is 0 Å². The highest BCUT2D eigenvalue weighted by molar-refractivity contribution is 6.30. The van der Waals surface area contributed by atoms with Crippen LogP contribution < -0.4 is 5.32 Å². The maximum Gasteiger partial charge on any atom is 0.416 e. The van der Waals surface area contributed by atoms with Crippen LogP contribution in [0.25, 0.3) is 0 Å². The van der Waals surface area contributed by atoms with Gasteiger partial charge in [0.2, 0.25) is 0 Å². The van der Waals surface area contributed by atoms with Gasteiger partial charge in [0.05, 0.1) is 5.56 Å². The van der Waals surface area contributed by atoms with Crippen LogP contribution in [0.4, 0.5) is 13.2 Å². The van der Waals surface area contributed by atoms with Gasteiger partial charge in [0.15, 0.2) is 0 Å². The van der Waals surface area contributed by atoms with Gasteiger partial charge in [-0.2, -0.15) is 13.2 Å². The molecule has 0 spiro atoms. The van der Waals surface area contributed by atoms with Crippen LogP contribution in [-0.2, 0) is 12.6 Å². The van der Waals surface area contributed by atoms with E-state index in [0.717, 1.165) is 68.8 Å². The third-order valence-electron chi connectivity index (χ3n) is 6.83. The molecule has 0 aromatic heterocycles. The average Bonchev–Trinajstić information content (AvgIpc) is 3.23. The number of amides is 1. The number of halogens is 4. The maximum absolute atomic E-state index is 12.8. The van der Waals surface area contributed by atoms with E-state index in [-0.39, 0.29) is 17.5 Å². The van der Waals surface area contributed by atoms with Crippen LogP contribution in [0, 0.1) is 5.92 Å². The van der Waals surface area contributed by atoms with Gasteiger partial charge in [-0.1, -0.05) is 23.7 Å². The molecule has 0 unspecified atom stereocenters. The zero-order valence-corrected chi connectivity index (χ0v) is 18.6. The number of nitrogens with one attached hydrogen (secondary N) is 1. The van der Waals surface area contributed by atoms with Crippen LogP contribution in [0.2, 0.25) is 5.02 Å². The van der Waals surface area contributed by atoms with E-state index < -0.39 is 11.7 Å². The van der Waals surface area contributed by atoms with Gasteiger partial charge in [-0.05, 0) is 99.5 Å². The van der Waals surface area contributed by atoms with E-state index in [9.17, 15) is 18.0 Å². The largest absolute Gasteiger partial charge is 0.416 e. The fraction of sp³-hybridized carbons (Fsp3) is 0.480. The number of nitrogens with zero attached hydrogens (tertiary/aromatic N) is 1. The van der Waals surface area contributed by atoms with Gasteiger partial charge in [-0.3, -0.25) is 9.69 Å². The van der Waals surface area contributed by atoms with Crippen molar-refractivity contribution in [3.05, 3.63) is 70.2 Å². The van der Waals surface area contributed by atoms with Crippen molar-refractivity contribution < 1.29 is 18.0 Å². The summed E-state index contributed by atoms with van der Waals surface area (Å²) in [5, 5.41) is 3.84. The second-order valence-corrected chi connectivity index (χ2v) is 9.40. The Kier molecular flexibility index (Phi) is 7.11. The van der Waals surface area contributed by atoms with Crippen LogP contribution in [0.3, 0.4) is 0 Å². The minimum Gasteiger partial charge on any atom is -0.348 e. The minimum atomic E-state index is -4.40. The van der Waals surface area contributed by atoms with Crippen molar-refractivity contribution in [3.63, 3.8) is 0 Å². The standard InChI is InChI=1S/C25H28ClF3N2O/c26-21-10-4-17(5-11-21)16-18-12-14-31(15-13-18)23-3-1-2-22(23)30-24(32)19-6-8-20(9-7-19)25(27,28)29/h4-11,18,22-23H,1-3,12-16H2,(H,30,32)/t22-,23-/m1/s1. The van der Waals surface area contributed by atoms with Crippen molar-refractivity contribution in [1.29, 1.82) is 0 Å². The smallest absolute Gasteiger partial charge is 0.348 e. The topological polar surface area (TPSA) is 32.3 Å². The Morgan fingerprint density at radius 1 is 0.969 bits per heavy atom. The minimum absolute atomic E-state index is 0.0395. The number of carbonyl (C=O) groups is 1. The number of piperidine rings is 1. The molecular formula is C25H28ClF3N2O. The zero-order valence-electron chi connectivity index (χ0n) is 17.9. The normalized spacial score (nSPS) is 22.8. The summed E-state index contributed by atoms with van der Waals surface area (Å²) in [5.41, 5.74) is 0.843. The van der Waals surface area contributed by atoms with Crippen molar-refractivity contribution in [3.8, 4) is 0 Å². The molecule has 7 heteroatoms. The van der Waals surface area contributed by atoms with Crippen LogP contribution in [0.15, 0.2) is 48.5 Å². The molecule has 2 aromatic rings. The first-order valence-corrected chi connectivity index (χ1v) is 11.6. The molecule has 1 saturated heterocycles. The molecule has 1 saturated carbocycles. The van der Waals surface area contributed by atoms with Crippen LogP contribution in [0.5, 0.6) is 0 Å². The molecule has 2 aromatic carbocycles. The molecule has 0 bridgehead atoms. The van der Waals surface area contributed by atoms with Gasteiger partial charge in [0.1, 0.15) is 0 Å². The van der Waals surface area contributed by atoms with Crippen molar-refractivity contribution in [2.45, 2.75) is 56.8 Å². The number of rotatable bonds is 5. The predicted octanol–water partition coefficient (Wildman–Crippen LogP) is 5.96. The molecule has 172 valence electrons. The quantitative estimate of drug-likeness (QED) is 0.591. The second kappa shape index (κ2) is 9.84. The summed E-state index contributed by atoms with van der Waals surface area (Å²) >= 11 is 5.98. The predicted molar refractivity (Wildman–Crippen MR) is 120 cm³/mol. The van der Waals surface area contributed by atoms with E-state index in [1.165, 1.54) is 17.7 Å². The SMILES string of the molecule is O=C(N[C@@H]1CCC[C@H]1N1CCC(Cc2ccc(Cl)cc2)CC1)c1ccc(C(F)(F)F)cc1. The number of carbonyl (C=O) groups excluding carboxylic acids is 1. The first-order valence-electron chi connectivity index (χ1n) is 11.3. The lowest BCUT2D eigenvalue weighted by Gasteiger charge is -2.38. The Morgan fingerprint density at radius 3 is 2.25 bits per heavy atom. The van der Waals surface area contributed by atoms with Crippen LogP contribution in [-0.4, -0.2) is 36.0 Å². The molecule has 3 nitrogen and oxygen atoms in total. The molecule has 1 amide bonds. The van der Waals surface area contributed by atoms with Gasteiger partial charge in [0.25, 0.3) is 5.91 Å². The summed E-state index contributed by atoms with van der Waals surface area (Å²) in [7, 11) is 0. The van der Waals surface area contributed by atoms with Crippen LogP contribution >= 0.6 is 11.6 Å². The Hall–Kier alpha value is -2.05. The third kappa shape index (κ3) is 5.65. The number of likely N-dealkylation sites (tertiary alicyclic amines) is 1. The molecule has 1 aliphatic carbocycles. The molecule has 0 radical (unpaired) electrons. The summed E-state index contributed by atoms with van der Waals surface area (Å²) in [6, 6.07) is 12.8. The zero-order chi connectivity index (χ0) is 22.7. The molecule has 1 aliphatic heterocycles. The lowest BCUT2D eigenvalue weighted by molar-refractivity contribution is -0.137. The summed E-state index contributed by atoms with van der Waals surface area (Å²) in [6.07, 6.45) is 1.90. The van der Waals surface area contributed by atoms with Crippen LogP contribution in [0.1, 0.15) is 53.6 Å². The molecular weight excluding hydrogens is 437 g/mol. The van der Waals surface area contributed by atoms with Crippen molar-refractivity contribution in [2.75, 3.05) is 13.1 Å². The fourth-order valence-electron chi connectivity index (χ4n) is 5.05. The van der Waals surface area contributed by atoms with Gasteiger partial charge in [0, 0.05) is 22.7 Å². The summed E-state index contributed by atoms with van der Waals surface area (Å²) in [5.74, 6) is 0.349. The molecule has 1 heterocycles. The average molecular weight is 465 g/mol. The fourth-order valence-corrected chi connectivity index (χ4v) is 5.18. The Bertz CT molecular complexity index is 906. The Labute approximate surface area is 191 Å². The van der Waals surface area contributed by atoms with E-state index in [2.05, 4.69) is 22.3 Å². The first kappa shape index (κ1) is 23.1. The van der Waals surface area contributed by atoms with Crippen molar-refractivity contribution in [1.82, 2.24) is 10.2 Å². The van der Waals surface area contributed by atoms with E-state index in [1.54, 1.807) is 0 Å². The monoisotopic (exact) mass is 464 g/mol. The van der Waals surface area contributed by atoms with Gasteiger partial charge >= 0.3 is 6.18 Å². The molecule has 2 fully saturated rings. The lowest BCUT2D eigenvalue weighted by atomic mass is 9.89. The molecule has 2 aliphatic rings. The van der Waals surface area contributed by atoms with E-state index in [1.807, 2.05) is 12.1 Å². The number of hydrogen-bond acceptors (Lipinski definition) is 2. The number of alkyl halides is 3. The molecule has 32 heavy (non-hydrogen) atoms. The highest BCUT2D eigenvalue weighted by Crippen LogP contribution is 2.31. The summed E-state index contributed by atoms with van der Waals surface area (Å²) in [4.78, 5) is 15.1. The van der Waals surface area contributed by atoms with Gasteiger partial charge < -0.3 is 5.32 Å². The Morgan fingerprint density at radius 2 is 1.62 bits per heavy atom. The third-order valence-corrected chi connectivity index (χ3v) is 7.08. The molecule has 1 N–H and O–H groups in total. The summed E-state index contributed by atoms with van der Waals surface area (Å²) in [6.45, 7) is 2.02. The second-order valence-electron chi connectivity index (χ2n) is 8.96. The summed E-state index contributed by atoms with van der Waals surface area (Å²) < 4.78 is 38.3. The van der Waals surface area contributed by atoms with E-state index in [4.69, 9.17) is 11.6 Å². The van der Waals surface area contributed by atoms with Gasteiger partial charge in [-0.25, -0.2) is 0 Å². The molecule has 4 rings (SSSR count). The van der Waals surface area contributed by atoms with Crippen molar-refractivity contribution in [2.24, 2.45) is 5.92 Å². The highest BCUT2D eigenvalue weighted by Gasteiger charge is 2.35. The number of hydrogen-bond donors (Lipinski definition) is 1. The highest BCUT2D eigenvalue weighted by atomic mass is 35.5. The Balaban J connectivity index is 1.30.